The summed E-state index contributed by atoms with van der Waals surface area (Å²) >= 11 is 2.18. The molecule has 3 aliphatic rings. The molecule has 0 saturated carbocycles. The van der Waals surface area contributed by atoms with Gasteiger partial charge in [0.1, 0.15) is 0 Å². The van der Waals surface area contributed by atoms with Gasteiger partial charge in [0, 0.05) is 28.7 Å². The molecule has 98 valence electrons. The van der Waals surface area contributed by atoms with Gasteiger partial charge in [0.2, 0.25) is 10.0 Å². The minimum Gasteiger partial charge on any atom is -0.311 e. The predicted molar refractivity (Wildman–Crippen MR) is 77.9 cm³/mol. The normalized spacial score (nSPS) is 28.5. The van der Waals surface area contributed by atoms with E-state index in [1.165, 1.54) is 0 Å². The van der Waals surface area contributed by atoms with E-state index in [1.807, 2.05) is 12.1 Å². The molecule has 0 radical (unpaired) electrons. The van der Waals surface area contributed by atoms with Gasteiger partial charge in [-0.05, 0) is 59.7 Å². The zero-order valence-electron chi connectivity index (χ0n) is 9.84. The number of halogens is 1. The Morgan fingerprint density at radius 2 is 1.94 bits per heavy atom. The zero-order valence-corrected chi connectivity index (χ0v) is 12.8. The smallest absolute Gasteiger partial charge is 0.243 e. The quantitative estimate of drug-likeness (QED) is 0.792. The Hall–Kier alpha value is -0.180. The number of nitrogens with one attached hydrogen (secondary N) is 1. The number of piperazine rings is 1. The molecule has 0 aromatic heterocycles. The SMILES string of the molecule is O=S(=O)(c1ccc(I)cc1)N1CC2CCC1CN2. The molecule has 2 atom stereocenters. The van der Waals surface area contributed by atoms with E-state index in [-0.39, 0.29) is 6.04 Å². The van der Waals surface area contributed by atoms with Crippen molar-refractivity contribution in [1.29, 1.82) is 0 Å². The summed E-state index contributed by atoms with van der Waals surface area (Å²) in [6, 6.07) is 7.54. The molecule has 3 aliphatic heterocycles. The minimum absolute atomic E-state index is 0.124. The Kier molecular flexibility index (Phi) is 3.38. The van der Waals surface area contributed by atoms with E-state index in [9.17, 15) is 8.42 Å². The molecule has 4 nitrogen and oxygen atoms in total. The highest BCUT2D eigenvalue weighted by Gasteiger charge is 2.40. The van der Waals surface area contributed by atoms with Gasteiger partial charge in [0.15, 0.2) is 0 Å². The molecule has 1 aromatic carbocycles. The van der Waals surface area contributed by atoms with Crippen LogP contribution >= 0.6 is 22.6 Å². The van der Waals surface area contributed by atoms with Gasteiger partial charge in [-0.25, -0.2) is 8.42 Å². The molecule has 6 heteroatoms. The van der Waals surface area contributed by atoms with Crippen molar-refractivity contribution in [2.24, 2.45) is 0 Å². The molecule has 0 spiro atoms. The molecule has 0 amide bonds. The lowest BCUT2D eigenvalue weighted by Gasteiger charge is -2.44. The third-order valence-electron chi connectivity index (χ3n) is 3.72. The number of sulfonamides is 1. The van der Waals surface area contributed by atoms with E-state index >= 15 is 0 Å². The van der Waals surface area contributed by atoms with Gasteiger partial charge in [-0.1, -0.05) is 0 Å². The first-order valence-electron chi connectivity index (χ1n) is 6.08. The number of piperidine rings is 2. The highest BCUT2D eigenvalue weighted by atomic mass is 127. The van der Waals surface area contributed by atoms with Gasteiger partial charge >= 0.3 is 0 Å². The predicted octanol–water partition coefficient (Wildman–Crippen LogP) is 1.42. The highest BCUT2D eigenvalue weighted by molar-refractivity contribution is 14.1. The van der Waals surface area contributed by atoms with E-state index in [0.29, 0.717) is 17.5 Å². The van der Waals surface area contributed by atoms with E-state index in [2.05, 4.69) is 27.9 Å². The number of hydrogen-bond acceptors (Lipinski definition) is 3. The van der Waals surface area contributed by atoms with Crippen LogP contribution in [0.15, 0.2) is 29.2 Å². The van der Waals surface area contributed by atoms with Crippen LogP contribution in [0, 0.1) is 3.57 Å². The van der Waals surface area contributed by atoms with Crippen molar-refractivity contribution >= 4 is 32.6 Å². The average Bonchev–Trinajstić information content (AvgIpc) is 2.40. The maximum Gasteiger partial charge on any atom is 0.243 e. The Bertz CT molecular complexity index is 536. The first-order chi connectivity index (χ1) is 8.57. The van der Waals surface area contributed by atoms with E-state index in [4.69, 9.17) is 0 Å². The van der Waals surface area contributed by atoms with Crippen molar-refractivity contribution in [3.63, 3.8) is 0 Å². The van der Waals surface area contributed by atoms with Crippen LogP contribution in [-0.4, -0.2) is 37.9 Å². The number of rotatable bonds is 2. The summed E-state index contributed by atoms with van der Waals surface area (Å²) in [7, 11) is -3.32. The van der Waals surface area contributed by atoms with Gasteiger partial charge < -0.3 is 5.32 Å². The second-order valence-electron chi connectivity index (χ2n) is 4.86. The summed E-state index contributed by atoms with van der Waals surface area (Å²) in [6.45, 7) is 1.40. The van der Waals surface area contributed by atoms with Crippen LogP contribution in [0.2, 0.25) is 0 Å². The molecule has 3 fully saturated rings. The average molecular weight is 378 g/mol. The molecule has 1 N–H and O–H groups in total. The van der Waals surface area contributed by atoms with Gasteiger partial charge in [-0.2, -0.15) is 4.31 Å². The van der Waals surface area contributed by atoms with Gasteiger partial charge in [0.05, 0.1) is 4.90 Å². The lowest BCUT2D eigenvalue weighted by atomic mass is 9.96. The number of nitrogens with zero attached hydrogens (tertiary/aromatic N) is 1. The van der Waals surface area contributed by atoms with Crippen LogP contribution in [0.25, 0.3) is 0 Å². The summed E-state index contributed by atoms with van der Waals surface area (Å²) in [6.07, 6.45) is 2.06. The molecule has 3 heterocycles. The van der Waals surface area contributed by atoms with Crippen LogP contribution in [0.1, 0.15) is 12.8 Å². The second kappa shape index (κ2) is 4.73. The van der Waals surface area contributed by atoms with Crippen molar-refractivity contribution in [1.82, 2.24) is 9.62 Å². The molecule has 3 saturated heterocycles. The van der Waals surface area contributed by atoms with E-state index in [0.717, 1.165) is 23.0 Å². The second-order valence-corrected chi connectivity index (χ2v) is 8.00. The van der Waals surface area contributed by atoms with Crippen molar-refractivity contribution < 1.29 is 8.42 Å². The van der Waals surface area contributed by atoms with Crippen LogP contribution < -0.4 is 5.32 Å². The fourth-order valence-electron chi connectivity index (χ4n) is 2.70. The number of fused-ring (bicyclic) bond motifs is 3. The first kappa shape index (κ1) is 12.8. The Morgan fingerprint density at radius 3 is 2.44 bits per heavy atom. The third kappa shape index (κ3) is 2.19. The van der Waals surface area contributed by atoms with Crippen molar-refractivity contribution in [3.8, 4) is 0 Å². The standard InChI is InChI=1S/C12H15IN2O2S/c13-9-1-5-12(6-2-9)18(16,17)15-8-10-3-4-11(15)7-14-10/h1-2,5-6,10-11,14H,3-4,7-8H2. The largest absolute Gasteiger partial charge is 0.311 e. The summed E-state index contributed by atoms with van der Waals surface area (Å²) in [4.78, 5) is 0.412. The van der Waals surface area contributed by atoms with E-state index in [1.54, 1.807) is 16.4 Å². The Balaban J connectivity index is 1.93. The lowest BCUT2D eigenvalue weighted by Crippen LogP contribution is -2.62. The number of hydrogen-bond donors (Lipinski definition) is 1. The van der Waals surface area contributed by atoms with E-state index < -0.39 is 10.0 Å². The zero-order chi connectivity index (χ0) is 12.8. The summed E-state index contributed by atoms with van der Waals surface area (Å²) < 4.78 is 27.9. The monoisotopic (exact) mass is 378 g/mol. The summed E-state index contributed by atoms with van der Waals surface area (Å²) in [5.74, 6) is 0. The molecule has 1 aromatic rings. The highest BCUT2D eigenvalue weighted by Crippen LogP contribution is 2.28. The third-order valence-corrected chi connectivity index (χ3v) is 6.37. The molecular formula is C12H15IN2O2S. The lowest BCUT2D eigenvalue weighted by molar-refractivity contribution is 0.152. The van der Waals surface area contributed by atoms with Gasteiger partial charge in [-0.3, -0.25) is 0 Å². The van der Waals surface area contributed by atoms with Crippen molar-refractivity contribution in [3.05, 3.63) is 27.8 Å². The summed E-state index contributed by atoms with van der Waals surface area (Å²) in [5, 5.41) is 3.37. The topological polar surface area (TPSA) is 49.4 Å². The van der Waals surface area contributed by atoms with Crippen LogP contribution in [0.3, 0.4) is 0 Å². The van der Waals surface area contributed by atoms with Gasteiger partial charge in [0.25, 0.3) is 0 Å². The fourth-order valence-corrected chi connectivity index (χ4v) is 4.76. The Labute approximate surface area is 121 Å². The maximum atomic E-state index is 12.6. The molecule has 2 bridgehead atoms. The first-order valence-corrected chi connectivity index (χ1v) is 8.60. The van der Waals surface area contributed by atoms with Crippen LogP contribution in [-0.2, 0) is 10.0 Å². The maximum absolute atomic E-state index is 12.6. The molecule has 2 unspecified atom stereocenters. The fraction of sp³-hybridized carbons (Fsp3) is 0.500. The van der Waals surface area contributed by atoms with Crippen LogP contribution in [0.4, 0.5) is 0 Å². The van der Waals surface area contributed by atoms with Crippen LogP contribution in [0.5, 0.6) is 0 Å². The number of benzene rings is 1. The molecule has 0 aliphatic carbocycles. The minimum atomic E-state index is -3.32. The summed E-state index contributed by atoms with van der Waals surface area (Å²) in [5.41, 5.74) is 0. The molecule has 18 heavy (non-hydrogen) atoms. The van der Waals surface area contributed by atoms with Gasteiger partial charge in [-0.15, -0.1) is 0 Å². The van der Waals surface area contributed by atoms with Crippen molar-refractivity contribution in [2.45, 2.75) is 29.8 Å². The Morgan fingerprint density at radius 1 is 1.22 bits per heavy atom. The van der Waals surface area contributed by atoms with Crippen molar-refractivity contribution in [2.75, 3.05) is 13.1 Å². The molecule has 4 rings (SSSR count). The molecular weight excluding hydrogens is 363 g/mol.